The van der Waals surface area contributed by atoms with Gasteiger partial charge in [-0.1, -0.05) is 11.3 Å². The molecule has 0 fully saturated rings. The minimum absolute atomic E-state index is 0.364. The largest absolute Gasteiger partial charge is 0.497 e. The van der Waals surface area contributed by atoms with Crippen LogP contribution in [0.3, 0.4) is 0 Å². The lowest BCUT2D eigenvalue weighted by molar-refractivity contribution is 0.303. The van der Waals surface area contributed by atoms with Gasteiger partial charge in [-0.25, -0.2) is 0 Å². The monoisotopic (exact) mass is 368 g/mol. The summed E-state index contributed by atoms with van der Waals surface area (Å²) < 4.78 is 17.8. The lowest BCUT2D eigenvalue weighted by Crippen LogP contribution is -1.97. The molecule has 0 spiro atoms. The predicted molar refractivity (Wildman–Crippen MR) is 98.0 cm³/mol. The Kier molecular flexibility index (Phi) is 4.40. The highest BCUT2D eigenvalue weighted by Crippen LogP contribution is 2.24. The minimum Gasteiger partial charge on any atom is -0.497 e. The van der Waals surface area contributed by atoms with Gasteiger partial charge in [-0.2, -0.15) is 9.61 Å². The molecule has 26 heavy (non-hydrogen) atoms. The van der Waals surface area contributed by atoms with Crippen molar-refractivity contribution in [1.29, 1.82) is 0 Å². The Morgan fingerprint density at radius 2 is 1.46 bits per heavy atom. The van der Waals surface area contributed by atoms with Crippen molar-refractivity contribution in [2.75, 3.05) is 14.2 Å². The van der Waals surface area contributed by atoms with Crippen molar-refractivity contribution in [3.63, 3.8) is 0 Å². The van der Waals surface area contributed by atoms with E-state index in [1.165, 1.54) is 11.3 Å². The first-order valence-electron chi connectivity index (χ1n) is 7.89. The lowest BCUT2D eigenvalue weighted by Gasteiger charge is -2.04. The van der Waals surface area contributed by atoms with E-state index in [4.69, 9.17) is 14.2 Å². The van der Waals surface area contributed by atoms with E-state index >= 15 is 0 Å². The number of fused-ring (bicyclic) bond motifs is 1. The molecule has 4 aromatic rings. The SMILES string of the molecule is COc1ccc(OCc2nn3c(-c4ccc(OC)cc4)nnc3s2)cc1. The first kappa shape index (κ1) is 16.3. The molecule has 0 aliphatic rings. The van der Waals surface area contributed by atoms with E-state index in [0.717, 1.165) is 32.8 Å². The van der Waals surface area contributed by atoms with Crippen LogP contribution >= 0.6 is 11.3 Å². The Labute approximate surface area is 153 Å². The molecule has 0 amide bonds. The summed E-state index contributed by atoms with van der Waals surface area (Å²) in [7, 11) is 3.27. The fourth-order valence-corrected chi connectivity index (χ4v) is 3.20. The molecular weight excluding hydrogens is 352 g/mol. The second-order valence-corrected chi connectivity index (χ2v) is 6.45. The van der Waals surface area contributed by atoms with Crippen molar-refractivity contribution in [1.82, 2.24) is 19.8 Å². The molecule has 4 rings (SSSR count). The Balaban J connectivity index is 1.53. The van der Waals surface area contributed by atoms with Gasteiger partial charge in [-0.15, -0.1) is 10.2 Å². The third-order valence-electron chi connectivity index (χ3n) is 3.80. The number of nitrogens with zero attached hydrogens (tertiary/aromatic N) is 4. The van der Waals surface area contributed by atoms with Crippen LogP contribution in [0.4, 0.5) is 0 Å². The number of ether oxygens (including phenoxy) is 3. The zero-order valence-corrected chi connectivity index (χ0v) is 15.1. The molecule has 0 atom stereocenters. The van der Waals surface area contributed by atoms with Crippen molar-refractivity contribution in [2.24, 2.45) is 0 Å². The molecule has 0 N–H and O–H groups in total. The van der Waals surface area contributed by atoms with Crippen molar-refractivity contribution in [3.8, 4) is 28.6 Å². The number of rotatable bonds is 6. The molecular formula is C18H16N4O3S. The normalized spacial score (nSPS) is 10.8. The molecule has 0 aliphatic heterocycles. The van der Waals surface area contributed by atoms with Crippen LogP contribution in [0.5, 0.6) is 17.2 Å². The van der Waals surface area contributed by atoms with Crippen molar-refractivity contribution in [3.05, 3.63) is 53.5 Å². The summed E-state index contributed by atoms with van der Waals surface area (Å²) in [5, 5.41) is 13.8. The van der Waals surface area contributed by atoms with Crippen molar-refractivity contribution >= 4 is 16.3 Å². The standard InChI is InChI=1S/C18H16N4O3S/c1-23-13-5-3-12(4-6-13)17-19-20-18-22(17)21-16(26-18)11-25-15-9-7-14(24-2)8-10-15/h3-10H,11H2,1-2H3. The Bertz CT molecular complexity index is 1010. The van der Waals surface area contributed by atoms with E-state index in [9.17, 15) is 0 Å². The maximum Gasteiger partial charge on any atom is 0.235 e. The summed E-state index contributed by atoms with van der Waals surface area (Å²) in [6.07, 6.45) is 0. The summed E-state index contributed by atoms with van der Waals surface area (Å²) in [6.45, 7) is 0.364. The van der Waals surface area contributed by atoms with Crippen LogP contribution in [0.15, 0.2) is 48.5 Å². The topological polar surface area (TPSA) is 70.8 Å². The van der Waals surface area contributed by atoms with E-state index in [1.807, 2.05) is 48.5 Å². The predicted octanol–water partition coefficient (Wildman–Crippen LogP) is 3.45. The zero-order valence-electron chi connectivity index (χ0n) is 14.2. The van der Waals surface area contributed by atoms with E-state index in [-0.39, 0.29) is 0 Å². The fourth-order valence-electron chi connectivity index (χ4n) is 2.45. The van der Waals surface area contributed by atoms with Gasteiger partial charge in [0, 0.05) is 5.56 Å². The van der Waals surface area contributed by atoms with Crippen LogP contribution < -0.4 is 14.2 Å². The summed E-state index contributed by atoms with van der Waals surface area (Å²) in [4.78, 5) is 0.726. The smallest absolute Gasteiger partial charge is 0.235 e. The summed E-state index contributed by atoms with van der Waals surface area (Å²) in [5.41, 5.74) is 0.922. The van der Waals surface area contributed by atoms with Crippen LogP contribution in [-0.4, -0.2) is 34.0 Å². The number of aromatic nitrogens is 4. The van der Waals surface area contributed by atoms with Gasteiger partial charge in [-0.3, -0.25) is 0 Å². The Morgan fingerprint density at radius 1 is 0.846 bits per heavy atom. The highest BCUT2D eigenvalue weighted by atomic mass is 32.1. The van der Waals surface area contributed by atoms with Crippen molar-refractivity contribution in [2.45, 2.75) is 6.61 Å². The molecule has 0 radical (unpaired) electrons. The Hall–Kier alpha value is -3.13. The fraction of sp³-hybridized carbons (Fsp3) is 0.167. The molecule has 0 unspecified atom stereocenters. The van der Waals surface area contributed by atoms with E-state index in [2.05, 4.69) is 15.3 Å². The van der Waals surface area contributed by atoms with Crippen LogP contribution in [0, 0.1) is 0 Å². The van der Waals surface area contributed by atoms with Gasteiger partial charge >= 0.3 is 0 Å². The van der Waals surface area contributed by atoms with Crippen LogP contribution in [-0.2, 0) is 6.61 Å². The molecule has 0 bridgehead atoms. The molecule has 132 valence electrons. The van der Waals surface area contributed by atoms with Gasteiger partial charge in [0.05, 0.1) is 14.2 Å². The molecule has 0 saturated heterocycles. The van der Waals surface area contributed by atoms with E-state index < -0.39 is 0 Å². The molecule has 2 aromatic carbocycles. The molecule has 7 nitrogen and oxygen atoms in total. The van der Waals surface area contributed by atoms with Gasteiger partial charge in [-0.05, 0) is 48.5 Å². The van der Waals surface area contributed by atoms with Gasteiger partial charge < -0.3 is 14.2 Å². The van der Waals surface area contributed by atoms with Gasteiger partial charge in [0.15, 0.2) is 10.8 Å². The molecule has 8 heteroatoms. The molecule has 0 aliphatic carbocycles. The summed E-state index contributed by atoms with van der Waals surface area (Å²) >= 11 is 1.45. The molecule has 2 aromatic heterocycles. The van der Waals surface area contributed by atoms with Crippen LogP contribution in [0.1, 0.15) is 5.01 Å². The number of hydrogen-bond acceptors (Lipinski definition) is 7. The summed E-state index contributed by atoms with van der Waals surface area (Å²) in [6, 6.07) is 15.1. The third-order valence-corrected chi connectivity index (χ3v) is 4.67. The number of methoxy groups -OCH3 is 2. The van der Waals surface area contributed by atoms with E-state index in [0.29, 0.717) is 12.4 Å². The van der Waals surface area contributed by atoms with Crippen molar-refractivity contribution < 1.29 is 14.2 Å². The average molecular weight is 368 g/mol. The maximum atomic E-state index is 5.78. The third kappa shape index (κ3) is 3.18. The number of benzene rings is 2. The van der Waals surface area contributed by atoms with E-state index in [1.54, 1.807) is 18.7 Å². The molecule has 2 heterocycles. The quantitative estimate of drug-likeness (QED) is 0.519. The highest BCUT2D eigenvalue weighted by molar-refractivity contribution is 7.16. The van der Waals surface area contributed by atoms with Gasteiger partial charge in [0.2, 0.25) is 4.96 Å². The van der Waals surface area contributed by atoms with Crippen LogP contribution in [0.25, 0.3) is 16.3 Å². The first-order chi connectivity index (χ1) is 12.8. The Morgan fingerprint density at radius 3 is 2.12 bits per heavy atom. The number of hydrogen-bond donors (Lipinski definition) is 0. The zero-order chi connectivity index (χ0) is 17.9. The van der Waals surface area contributed by atoms with Gasteiger partial charge in [0.1, 0.15) is 23.9 Å². The van der Waals surface area contributed by atoms with Crippen LogP contribution in [0.2, 0.25) is 0 Å². The summed E-state index contributed by atoms with van der Waals surface area (Å²) in [5.74, 6) is 3.03. The lowest BCUT2D eigenvalue weighted by atomic mass is 10.2. The first-order valence-corrected chi connectivity index (χ1v) is 8.71. The minimum atomic E-state index is 0.364. The second-order valence-electron chi connectivity index (χ2n) is 5.41. The average Bonchev–Trinajstić information content (AvgIpc) is 3.27. The maximum absolute atomic E-state index is 5.78. The second kappa shape index (κ2) is 7.01. The highest BCUT2D eigenvalue weighted by Gasteiger charge is 2.14. The molecule has 0 saturated carbocycles. The van der Waals surface area contributed by atoms with Gasteiger partial charge in [0.25, 0.3) is 0 Å².